The lowest BCUT2D eigenvalue weighted by atomic mass is 10.0. The van der Waals surface area contributed by atoms with Crippen LogP contribution in [0.1, 0.15) is 0 Å². The predicted octanol–water partition coefficient (Wildman–Crippen LogP) is 11.2. The SMILES string of the molecule is c1ccc2cc(N(c3ccc4ccccc4c3)c3ccc4c(c3)oc3cccc(-c5nc6ccccc6o5)c34)ccc2c1. The van der Waals surface area contributed by atoms with Gasteiger partial charge in [0.15, 0.2) is 5.58 Å². The number of para-hydroxylation sites is 2. The van der Waals surface area contributed by atoms with E-state index >= 15 is 0 Å². The molecule has 0 bridgehead atoms. The van der Waals surface area contributed by atoms with Crippen LogP contribution in [-0.4, -0.2) is 4.98 Å². The Morgan fingerprint density at radius 2 is 1.05 bits per heavy atom. The Hall–Kier alpha value is -5.87. The first-order valence-electron chi connectivity index (χ1n) is 14.4. The van der Waals surface area contributed by atoms with Crippen LogP contribution in [0.2, 0.25) is 0 Å². The summed E-state index contributed by atoms with van der Waals surface area (Å²) in [6, 6.07) is 50.5. The second-order valence-electron chi connectivity index (χ2n) is 10.8. The van der Waals surface area contributed by atoms with Gasteiger partial charge in [-0.1, -0.05) is 78.9 Å². The summed E-state index contributed by atoms with van der Waals surface area (Å²) in [5.74, 6) is 0.590. The number of benzene rings is 7. The first kappa shape index (κ1) is 23.8. The van der Waals surface area contributed by atoms with Gasteiger partial charge in [-0.05, 0) is 82.2 Å². The molecule has 0 radical (unpaired) electrons. The first-order chi connectivity index (χ1) is 21.3. The molecule has 0 atom stereocenters. The lowest BCUT2D eigenvalue weighted by Gasteiger charge is -2.26. The van der Waals surface area contributed by atoms with Crippen LogP contribution in [0.3, 0.4) is 0 Å². The molecule has 0 saturated carbocycles. The van der Waals surface area contributed by atoms with E-state index in [1.165, 1.54) is 21.5 Å². The molecule has 2 aromatic heterocycles. The van der Waals surface area contributed by atoms with Gasteiger partial charge in [-0.2, -0.15) is 0 Å². The molecule has 0 spiro atoms. The van der Waals surface area contributed by atoms with Crippen molar-refractivity contribution in [2.45, 2.75) is 0 Å². The topological polar surface area (TPSA) is 42.4 Å². The first-order valence-corrected chi connectivity index (χ1v) is 14.4. The lowest BCUT2D eigenvalue weighted by Crippen LogP contribution is -2.09. The molecule has 0 saturated heterocycles. The van der Waals surface area contributed by atoms with Crippen LogP contribution in [0.25, 0.3) is 66.0 Å². The van der Waals surface area contributed by atoms with E-state index in [0.29, 0.717) is 5.89 Å². The molecule has 0 aliphatic rings. The van der Waals surface area contributed by atoms with Gasteiger partial charge in [-0.15, -0.1) is 0 Å². The summed E-state index contributed by atoms with van der Waals surface area (Å²) < 4.78 is 12.7. The van der Waals surface area contributed by atoms with Gasteiger partial charge in [0.2, 0.25) is 5.89 Å². The van der Waals surface area contributed by atoms with Gasteiger partial charge in [-0.3, -0.25) is 0 Å². The summed E-state index contributed by atoms with van der Waals surface area (Å²) in [6.07, 6.45) is 0. The average molecular weight is 553 g/mol. The maximum absolute atomic E-state index is 6.50. The van der Waals surface area contributed by atoms with Crippen molar-refractivity contribution >= 4 is 71.6 Å². The van der Waals surface area contributed by atoms with Crippen LogP contribution >= 0.6 is 0 Å². The molecular formula is C39H24N2O2. The summed E-state index contributed by atoms with van der Waals surface area (Å²) in [5, 5.41) is 6.83. The third-order valence-corrected chi connectivity index (χ3v) is 8.25. The van der Waals surface area contributed by atoms with Crippen molar-refractivity contribution in [3.05, 3.63) is 146 Å². The summed E-state index contributed by atoms with van der Waals surface area (Å²) in [5.41, 5.74) is 7.31. The third kappa shape index (κ3) is 3.88. The van der Waals surface area contributed by atoms with Crippen molar-refractivity contribution in [1.82, 2.24) is 4.98 Å². The molecule has 43 heavy (non-hydrogen) atoms. The molecule has 0 aliphatic carbocycles. The third-order valence-electron chi connectivity index (χ3n) is 8.25. The Morgan fingerprint density at radius 3 is 1.77 bits per heavy atom. The molecule has 0 amide bonds. The Balaban J connectivity index is 1.24. The number of furan rings is 1. The number of anilines is 3. The normalized spacial score (nSPS) is 11.7. The van der Waals surface area contributed by atoms with Gasteiger partial charge in [0, 0.05) is 39.5 Å². The minimum Gasteiger partial charge on any atom is -0.456 e. The highest BCUT2D eigenvalue weighted by Gasteiger charge is 2.19. The molecule has 0 aliphatic heterocycles. The van der Waals surface area contributed by atoms with E-state index in [1.807, 2.05) is 42.5 Å². The molecule has 4 nitrogen and oxygen atoms in total. The zero-order valence-corrected chi connectivity index (χ0v) is 23.1. The van der Waals surface area contributed by atoms with Crippen molar-refractivity contribution < 1.29 is 8.83 Å². The minimum absolute atomic E-state index is 0.590. The van der Waals surface area contributed by atoms with Crippen molar-refractivity contribution in [3.8, 4) is 11.5 Å². The molecule has 9 aromatic rings. The van der Waals surface area contributed by atoms with Crippen LogP contribution in [0.15, 0.2) is 154 Å². The van der Waals surface area contributed by atoms with Crippen LogP contribution in [0, 0.1) is 0 Å². The van der Waals surface area contributed by atoms with Crippen LogP contribution < -0.4 is 4.90 Å². The van der Waals surface area contributed by atoms with Crippen molar-refractivity contribution in [2.75, 3.05) is 4.90 Å². The number of hydrogen-bond donors (Lipinski definition) is 0. The van der Waals surface area contributed by atoms with Crippen LogP contribution in [-0.2, 0) is 0 Å². The van der Waals surface area contributed by atoms with E-state index in [0.717, 1.165) is 55.7 Å². The molecule has 0 fully saturated rings. The fourth-order valence-corrected chi connectivity index (χ4v) is 6.20. The van der Waals surface area contributed by atoms with Gasteiger partial charge in [0.25, 0.3) is 0 Å². The standard InChI is InChI=1S/C39H24N2O2/c1-3-10-27-22-29(18-16-25(27)8-1)41(30-19-17-26-9-2-4-11-28(26)23-30)31-20-21-32-37(24-31)42-36-15-7-12-33(38(32)36)39-40-34-13-5-6-14-35(34)43-39/h1-24H. The number of hydrogen-bond acceptors (Lipinski definition) is 4. The zero-order chi connectivity index (χ0) is 28.3. The Morgan fingerprint density at radius 1 is 0.442 bits per heavy atom. The predicted molar refractivity (Wildman–Crippen MR) is 176 cm³/mol. The largest absolute Gasteiger partial charge is 0.456 e. The average Bonchev–Trinajstić information content (AvgIpc) is 3.66. The molecule has 0 unspecified atom stereocenters. The second kappa shape index (κ2) is 9.33. The van der Waals surface area contributed by atoms with Gasteiger partial charge in [0.1, 0.15) is 16.7 Å². The van der Waals surface area contributed by atoms with Crippen LogP contribution in [0.5, 0.6) is 0 Å². The van der Waals surface area contributed by atoms with E-state index < -0.39 is 0 Å². The number of fused-ring (bicyclic) bond motifs is 6. The fraction of sp³-hybridized carbons (Fsp3) is 0. The highest BCUT2D eigenvalue weighted by atomic mass is 16.3. The number of aromatic nitrogens is 1. The highest BCUT2D eigenvalue weighted by molar-refractivity contribution is 6.12. The fourth-order valence-electron chi connectivity index (χ4n) is 6.20. The highest BCUT2D eigenvalue weighted by Crippen LogP contribution is 2.42. The molecule has 202 valence electrons. The molecule has 4 heteroatoms. The molecule has 2 heterocycles. The van der Waals surface area contributed by atoms with Crippen molar-refractivity contribution in [2.24, 2.45) is 0 Å². The number of oxazole rings is 1. The molecular weight excluding hydrogens is 528 g/mol. The van der Waals surface area contributed by atoms with E-state index in [-0.39, 0.29) is 0 Å². The number of nitrogens with zero attached hydrogens (tertiary/aromatic N) is 2. The summed E-state index contributed by atoms with van der Waals surface area (Å²) in [6.45, 7) is 0. The van der Waals surface area contributed by atoms with Crippen molar-refractivity contribution in [3.63, 3.8) is 0 Å². The molecule has 0 N–H and O–H groups in total. The summed E-state index contributed by atoms with van der Waals surface area (Å²) in [4.78, 5) is 7.08. The van der Waals surface area contributed by atoms with E-state index in [4.69, 9.17) is 13.8 Å². The van der Waals surface area contributed by atoms with E-state index in [2.05, 4.69) is 108 Å². The molecule has 7 aromatic carbocycles. The quantitative estimate of drug-likeness (QED) is 0.218. The van der Waals surface area contributed by atoms with Gasteiger partial charge in [-0.25, -0.2) is 4.98 Å². The second-order valence-corrected chi connectivity index (χ2v) is 10.8. The Kier molecular flexibility index (Phi) is 5.16. The lowest BCUT2D eigenvalue weighted by molar-refractivity contribution is 0.620. The van der Waals surface area contributed by atoms with E-state index in [1.54, 1.807) is 0 Å². The molecule has 9 rings (SSSR count). The zero-order valence-electron chi connectivity index (χ0n) is 23.1. The minimum atomic E-state index is 0.590. The van der Waals surface area contributed by atoms with Gasteiger partial charge in [0.05, 0.1) is 0 Å². The summed E-state index contributed by atoms with van der Waals surface area (Å²) >= 11 is 0. The van der Waals surface area contributed by atoms with Crippen molar-refractivity contribution in [1.29, 1.82) is 0 Å². The van der Waals surface area contributed by atoms with E-state index in [9.17, 15) is 0 Å². The summed E-state index contributed by atoms with van der Waals surface area (Å²) in [7, 11) is 0. The monoisotopic (exact) mass is 552 g/mol. The maximum atomic E-state index is 6.50. The van der Waals surface area contributed by atoms with Gasteiger partial charge >= 0.3 is 0 Å². The smallest absolute Gasteiger partial charge is 0.228 e. The number of rotatable bonds is 4. The maximum Gasteiger partial charge on any atom is 0.228 e. The Labute approximate surface area is 247 Å². The van der Waals surface area contributed by atoms with Crippen LogP contribution in [0.4, 0.5) is 17.1 Å². The van der Waals surface area contributed by atoms with Gasteiger partial charge < -0.3 is 13.7 Å². The Bertz CT molecular complexity index is 2370.